The molecule has 0 saturated heterocycles. The molecule has 27 heavy (non-hydrogen) atoms. The number of nitrogens with one attached hydrogen (secondary N) is 2. The zero-order valence-electron chi connectivity index (χ0n) is 14.5. The number of ether oxygens (including phenoxy) is 2. The number of hydrogen-bond acceptors (Lipinski definition) is 6. The molecule has 0 radical (unpaired) electrons. The number of thiol groups is 1. The van der Waals surface area contributed by atoms with Crippen molar-refractivity contribution < 1.29 is 9.47 Å². The molecule has 136 valence electrons. The molecule has 8 heteroatoms. The van der Waals surface area contributed by atoms with E-state index in [1.807, 2.05) is 36.4 Å². The van der Waals surface area contributed by atoms with E-state index < -0.39 is 0 Å². The van der Waals surface area contributed by atoms with Gasteiger partial charge in [-0.3, -0.25) is 5.41 Å². The van der Waals surface area contributed by atoms with Crippen LogP contribution >= 0.6 is 36.2 Å². The van der Waals surface area contributed by atoms with Gasteiger partial charge in [0.25, 0.3) is 0 Å². The van der Waals surface area contributed by atoms with E-state index in [-0.39, 0.29) is 5.84 Å². The molecular weight excluding hydrogens is 398 g/mol. The molecule has 0 amide bonds. The third-order valence-corrected chi connectivity index (χ3v) is 6.05. The minimum Gasteiger partial charge on any atom is -0.493 e. The first-order valence-electron chi connectivity index (χ1n) is 7.99. The second-order valence-corrected chi connectivity index (χ2v) is 7.93. The van der Waals surface area contributed by atoms with Crippen LogP contribution in [0.4, 0.5) is 0 Å². The van der Waals surface area contributed by atoms with Crippen LogP contribution in [0.25, 0.3) is 11.1 Å². The third kappa shape index (κ3) is 2.99. The number of aromatic nitrogens is 1. The monoisotopic (exact) mass is 413 g/mol. The van der Waals surface area contributed by atoms with Crippen molar-refractivity contribution in [3.8, 4) is 22.6 Å². The van der Waals surface area contributed by atoms with Crippen molar-refractivity contribution in [1.82, 2.24) is 4.98 Å². The second-order valence-electron chi connectivity index (χ2n) is 5.80. The van der Waals surface area contributed by atoms with Gasteiger partial charge in [-0.05, 0) is 35.5 Å². The first kappa shape index (κ1) is 18.0. The third-order valence-electron chi connectivity index (χ3n) is 4.32. The van der Waals surface area contributed by atoms with Gasteiger partial charge in [0.15, 0.2) is 21.3 Å². The van der Waals surface area contributed by atoms with Crippen LogP contribution in [-0.4, -0.2) is 30.8 Å². The summed E-state index contributed by atoms with van der Waals surface area (Å²) >= 11 is 11.1. The van der Waals surface area contributed by atoms with Gasteiger partial charge in [-0.25, -0.2) is 4.99 Å². The van der Waals surface area contributed by atoms with Crippen LogP contribution in [-0.2, 0) is 0 Å². The number of H-pyrrole nitrogens is 1. The van der Waals surface area contributed by atoms with Crippen molar-refractivity contribution in [2.45, 2.75) is 5.03 Å². The number of benzene rings is 2. The van der Waals surface area contributed by atoms with Gasteiger partial charge >= 0.3 is 0 Å². The van der Waals surface area contributed by atoms with Crippen LogP contribution in [0, 0.1) is 9.36 Å². The van der Waals surface area contributed by atoms with Crippen LogP contribution in [0.2, 0.25) is 0 Å². The van der Waals surface area contributed by atoms with Crippen molar-refractivity contribution in [1.29, 1.82) is 5.41 Å². The minimum absolute atomic E-state index is 0.231. The van der Waals surface area contributed by atoms with E-state index in [1.165, 1.54) is 11.3 Å². The Hall–Kier alpha value is -2.42. The molecule has 1 aliphatic rings. The molecule has 0 bridgehead atoms. The summed E-state index contributed by atoms with van der Waals surface area (Å²) in [5.41, 5.74) is 4.30. The number of hydrogen-bond donors (Lipinski definition) is 3. The number of aliphatic imine (C=N–C) groups is 1. The Balaban J connectivity index is 1.94. The van der Waals surface area contributed by atoms with Crippen molar-refractivity contribution >= 4 is 47.7 Å². The van der Waals surface area contributed by atoms with E-state index in [0.29, 0.717) is 26.2 Å². The number of rotatable bonds is 4. The van der Waals surface area contributed by atoms with E-state index in [9.17, 15) is 0 Å². The van der Waals surface area contributed by atoms with Gasteiger partial charge in [0, 0.05) is 11.1 Å². The van der Waals surface area contributed by atoms with E-state index in [1.54, 1.807) is 14.2 Å². The Morgan fingerprint density at radius 1 is 1.11 bits per heavy atom. The van der Waals surface area contributed by atoms with Crippen molar-refractivity contribution in [2.24, 2.45) is 4.99 Å². The summed E-state index contributed by atoms with van der Waals surface area (Å²) < 4.78 is 11.4. The maximum Gasteiger partial charge on any atom is 0.161 e. The first-order chi connectivity index (χ1) is 13.0. The molecule has 0 unspecified atom stereocenters. The molecule has 0 atom stereocenters. The van der Waals surface area contributed by atoms with Crippen LogP contribution in [0.15, 0.2) is 46.4 Å². The molecule has 0 saturated carbocycles. The van der Waals surface area contributed by atoms with Gasteiger partial charge in [-0.1, -0.05) is 24.3 Å². The van der Waals surface area contributed by atoms with Gasteiger partial charge in [-0.15, -0.1) is 24.0 Å². The highest BCUT2D eigenvalue weighted by Crippen LogP contribution is 2.38. The van der Waals surface area contributed by atoms with Crippen molar-refractivity contribution in [3.05, 3.63) is 56.4 Å². The maximum atomic E-state index is 8.30. The second kappa shape index (κ2) is 6.95. The summed E-state index contributed by atoms with van der Waals surface area (Å²) in [6.45, 7) is 0. The standard InChI is InChI=1S/C19H15N3O2S3/c1-23-12-7-6-9(8-13(12)24-2)10-4-3-5-11-14(10)15(21-17(11)20)16-18(25)22-19(26)27-16/h3-8,20,25H,1-2H3,(H,22,26). The SMILES string of the molecule is COc1ccc(-c2cccc3c2C(c2sc(=S)[nH]c2S)=NC3=N)cc1OC. The topological polar surface area (TPSA) is 70.5 Å². The minimum atomic E-state index is 0.231. The fourth-order valence-electron chi connectivity index (χ4n) is 3.12. The molecule has 5 nitrogen and oxygen atoms in total. The lowest BCUT2D eigenvalue weighted by Gasteiger charge is -2.13. The van der Waals surface area contributed by atoms with Gasteiger partial charge in [-0.2, -0.15) is 0 Å². The number of fused-ring (bicyclic) bond motifs is 1. The fraction of sp³-hybridized carbons (Fsp3) is 0.105. The predicted molar refractivity (Wildman–Crippen MR) is 114 cm³/mol. The molecule has 4 rings (SSSR count). The average molecular weight is 414 g/mol. The molecule has 3 aromatic rings. The van der Waals surface area contributed by atoms with E-state index >= 15 is 0 Å². The van der Waals surface area contributed by atoms with Crippen LogP contribution < -0.4 is 9.47 Å². The van der Waals surface area contributed by atoms with Crippen molar-refractivity contribution in [2.75, 3.05) is 14.2 Å². The molecule has 2 aromatic carbocycles. The lowest BCUT2D eigenvalue weighted by molar-refractivity contribution is 0.355. The molecular formula is C19H15N3O2S3. The van der Waals surface area contributed by atoms with E-state index in [0.717, 1.165) is 27.1 Å². The Labute approximate surface area is 170 Å². The number of thiazole rings is 1. The highest BCUT2D eigenvalue weighted by atomic mass is 32.1. The van der Waals surface area contributed by atoms with Gasteiger partial charge in [0.1, 0.15) is 0 Å². The Morgan fingerprint density at radius 3 is 2.52 bits per heavy atom. The van der Waals surface area contributed by atoms with Gasteiger partial charge < -0.3 is 14.5 Å². The number of aromatic amines is 1. The summed E-state index contributed by atoms with van der Waals surface area (Å²) in [6, 6.07) is 11.6. The zero-order chi connectivity index (χ0) is 19.1. The molecule has 1 aliphatic heterocycles. The Morgan fingerprint density at radius 2 is 1.85 bits per heavy atom. The highest BCUT2D eigenvalue weighted by Gasteiger charge is 2.28. The summed E-state index contributed by atoms with van der Waals surface area (Å²) in [4.78, 5) is 8.37. The lowest BCUT2D eigenvalue weighted by Crippen LogP contribution is -2.03. The van der Waals surface area contributed by atoms with Gasteiger partial charge in [0.2, 0.25) is 0 Å². The quantitative estimate of drug-likeness (QED) is 0.418. The molecule has 2 N–H and O–H groups in total. The number of methoxy groups -OCH3 is 2. The first-order valence-corrected chi connectivity index (χ1v) is 9.66. The Bertz CT molecular complexity index is 1160. The lowest BCUT2D eigenvalue weighted by atomic mass is 9.93. The Kier molecular flexibility index (Phi) is 4.63. The summed E-state index contributed by atoms with van der Waals surface area (Å²) in [6.07, 6.45) is 0. The number of amidine groups is 1. The molecule has 0 aliphatic carbocycles. The fourth-order valence-corrected chi connectivity index (χ4v) is 4.71. The van der Waals surface area contributed by atoms with Crippen molar-refractivity contribution in [3.63, 3.8) is 0 Å². The smallest absolute Gasteiger partial charge is 0.161 e. The van der Waals surface area contributed by atoms with E-state index in [2.05, 4.69) is 22.6 Å². The predicted octanol–water partition coefficient (Wildman–Crippen LogP) is 4.95. The average Bonchev–Trinajstić information content (AvgIpc) is 3.19. The summed E-state index contributed by atoms with van der Waals surface area (Å²) in [5, 5.41) is 8.96. The maximum absolute atomic E-state index is 8.30. The number of nitrogens with zero attached hydrogens (tertiary/aromatic N) is 1. The molecule has 1 aromatic heterocycles. The molecule has 2 heterocycles. The normalized spacial score (nSPS) is 12.7. The van der Waals surface area contributed by atoms with Crippen LogP contribution in [0.5, 0.6) is 11.5 Å². The molecule has 0 spiro atoms. The van der Waals surface area contributed by atoms with E-state index in [4.69, 9.17) is 27.1 Å². The van der Waals surface area contributed by atoms with Crippen LogP contribution in [0.3, 0.4) is 0 Å². The summed E-state index contributed by atoms with van der Waals surface area (Å²) in [5.74, 6) is 1.54. The summed E-state index contributed by atoms with van der Waals surface area (Å²) in [7, 11) is 3.22. The molecule has 0 fully saturated rings. The largest absolute Gasteiger partial charge is 0.493 e. The zero-order valence-corrected chi connectivity index (χ0v) is 17.0. The van der Waals surface area contributed by atoms with Gasteiger partial charge in [0.05, 0.1) is 29.8 Å². The van der Waals surface area contributed by atoms with Crippen LogP contribution in [0.1, 0.15) is 16.0 Å². The highest BCUT2D eigenvalue weighted by molar-refractivity contribution is 7.80.